The molecule has 0 unspecified atom stereocenters. The highest BCUT2D eigenvalue weighted by atomic mass is 79.9. The van der Waals surface area contributed by atoms with Gasteiger partial charge in [0.05, 0.1) is 6.20 Å². The van der Waals surface area contributed by atoms with E-state index in [1.54, 1.807) is 6.20 Å². The SMILES string of the molecule is CCSc1cc(Br)cnc1-c1ncc2c(OCC(F)(F)C(F)(F)F)nccn12. The maximum absolute atomic E-state index is 13.1. The van der Waals surface area contributed by atoms with Crippen molar-refractivity contribution in [1.29, 1.82) is 0 Å². The first-order chi connectivity index (χ1) is 13.1. The number of aromatic nitrogens is 4. The van der Waals surface area contributed by atoms with Gasteiger partial charge < -0.3 is 4.74 Å². The number of rotatable bonds is 6. The van der Waals surface area contributed by atoms with Crippen LogP contribution in [0.25, 0.3) is 17.0 Å². The summed E-state index contributed by atoms with van der Waals surface area (Å²) in [6.07, 6.45) is -0.121. The molecule has 5 nitrogen and oxygen atoms in total. The highest BCUT2D eigenvalue weighted by Gasteiger charge is 2.58. The Balaban J connectivity index is 1.99. The molecule has 0 bridgehead atoms. The second-order valence-electron chi connectivity index (χ2n) is 5.49. The predicted molar refractivity (Wildman–Crippen MR) is 96.8 cm³/mol. The smallest absolute Gasteiger partial charge is 0.456 e. The van der Waals surface area contributed by atoms with Gasteiger partial charge in [-0.25, -0.2) is 9.97 Å². The first-order valence-electron chi connectivity index (χ1n) is 7.82. The van der Waals surface area contributed by atoms with Gasteiger partial charge in [-0.1, -0.05) is 6.92 Å². The number of hydrogen-bond acceptors (Lipinski definition) is 5. The number of nitrogens with zero attached hydrogens (tertiary/aromatic N) is 4. The van der Waals surface area contributed by atoms with Gasteiger partial charge in [0.15, 0.2) is 12.4 Å². The fourth-order valence-electron chi connectivity index (χ4n) is 2.29. The molecule has 0 aliphatic carbocycles. The molecule has 0 N–H and O–H groups in total. The number of thioether (sulfide) groups is 1. The summed E-state index contributed by atoms with van der Waals surface area (Å²) >= 11 is 4.88. The van der Waals surface area contributed by atoms with Crippen LogP contribution in [0.4, 0.5) is 22.0 Å². The van der Waals surface area contributed by atoms with E-state index in [1.807, 2.05) is 13.0 Å². The molecule has 12 heteroatoms. The molecule has 0 radical (unpaired) electrons. The van der Waals surface area contributed by atoms with E-state index in [0.717, 1.165) is 15.1 Å². The monoisotopic (exact) mass is 482 g/mol. The second kappa shape index (κ2) is 7.82. The van der Waals surface area contributed by atoms with E-state index < -0.39 is 18.7 Å². The summed E-state index contributed by atoms with van der Waals surface area (Å²) in [5.41, 5.74) is 0.681. The molecule has 0 spiro atoms. The zero-order chi connectivity index (χ0) is 20.5. The van der Waals surface area contributed by atoms with Crippen molar-refractivity contribution in [2.24, 2.45) is 0 Å². The minimum Gasteiger partial charge on any atom is -0.469 e. The summed E-state index contributed by atoms with van der Waals surface area (Å²) in [5, 5.41) is 0. The fourth-order valence-corrected chi connectivity index (χ4v) is 3.57. The van der Waals surface area contributed by atoms with Gasteiger partial charge in [0.1, 0.15) is 11.2 Å². The van der Waals surface area contributed by atoms with Crippen molar-refractivity contribution in [3.8, 4) is 17.4 Å². The molecule has 0 aliphatic heterocycles. The maximum Gasteiger partial charge on any atom is 0.456 e. The summed E-state index contributed by atoms with van der Waals surface area (Å²) in [7, 11) is 0. The van der Waals surface area contributed by atoms with Gasteiger partial charge in [-0.2, -0.15) is 22.0 Å². The van der Waals surface area contributed by atoms with Crippen molar-refractivity contribution in [2.75, 3.05) is 12.4 Å². The highest BCUT2D eigenvalue weighted by molar-refractivity contribution is 9.10. The van der Waals surface area contributed by atoms with Crippen LogP contribution in [0, 0.1) is 0 Å². The third kappa shape index (κ3) is 4.07. The van der Waals surface area contributed by atoms with Gasteiger partial charge in [-0.05, 0) is 27.7 Å². The molecule has 0 atom stereocenters. The third-order valence-corrected chi connectivity index (χ3v) is 4.90. The van der Waals surface area contributed by atoms with Gasteiger partial charge in [0, 0.05) is 28.0 Å². The van der Waals surface area contributed by atoms with Crippen molar-refractivity contribution in [3.05, 3.63) is 35.3 Å². The zero-order valence-electron chi connectivity index (χ0n) is 14.2. The van der Waals surface area contributed by atoms with Crippen molar-refractivity contribution in [1.82, 2.24) is 19.4 Å². The number of hydrogen-bond donors (Lipinski definition) is 0. The molecule has 0 saturated heterocycles. The number of alkyl halides is 5. The maximum atomic E-state index is 13.1. The molecule has 3 rings (SSSR count). The topological polar surface area (TPSA) is 52.3 Å². The quantitative estimate of drug-likeness (QED) is 0.355. The summed E-state index contributed by atoms with van der Waals surface area (Å²) in [6.45, 7) is 0.0902. The van der Waals surface area contributed by atoms with Crippen LogP contribution < -0.4 is 4.74 Å². The lowest BCUT2D eigenvalue weighted by Gasteiger charge is -2.19. The third-order valence-electron chi connectivity index (χ3n) is 3.56. The molecule has 0 aromatic carbocycles. The van der Waals surface area contributed by atoms with Gasteiger partial charge in [-0.3, -0.25) is 9.38 Å². The molecule has 28 heavy (non-hydrogen) atoms. The first-order valence-corrected chi connectivity index (χ1v) is 9.60. The van der Waals surface area contributed by atoms with Crippen LogP contribution in [0.2, 0.25) is 0 Å². The standard InChI is InChI=1S/C16H12BrF5N4OS/c1-2-28-11-5-9(17)6-24-12(11)13-25-7-10-14(23-3-4-26(10)13)27-8-15(18,19)16(20,21)22/h3-7H,2,8H2,1H3. The highest BCUT2D eigenvalue weighted by Crippen LogP contribution is 2.36. The zero-order valence-corrected chi connectivity index (χ0v) is 16.6. The summed E-state index contributed by atoms with van der Waals surface area (Å²) < 4.78 is 70.2. The molecule has 3 aromatic rings. The number of ether oxygens (including phenoxy) is 1. The van der Waals surface area contributed by atoms with Gasteiger partial charge >= 0.3 is 12.1 Å². The Morgan fingerprint density at radius 2 is 1.89 bits per heavy atom. The molecular formula is C16H12BrF5N4OS. The van der Waals surface area contributed by atoms with E-state index in [4.69, 9.17) is 0 Å². The summed E-state index contributed by atoms with van der Waals surface area (Å²) in [5.74, 6) is -4.22. The van der Waals surface area contributed by atoms with E-state index in [0.29, 0.717) is 11.5 Å². The summed E-state index contributed by atoms with van der Waals surface area (Å²) in [4.78, 5) is 13.2. The minimum absolute atomic E-state index is 0.146. The fraction of sp³-hybridized carbons (Fsp3) is 0.312. The Hall–Kier alpha value is -1.95. The van der Waals surface area contributed by atoms with Crippen LogP contribution in [-0.4, -0.2) is 43.8 Å². The normalized spacial score (nSPS) is 12.5. The molecule has 0 fully saturated rings. The molecule has 0 aliphatic rings. The van der Waals surface area contributed by atoms with Crippen LogP contribution >= 0.6 is 27.7 Å². The minimum atomic E-state index is -5.71. The van der Waals surface area contributed by atoms with Crippen LogP contribution in [0.5, 0.6) is 5.88 Å². The van der Waals surface area contributed by atoms with Crippen molar-refractivity contribution in [2.45, 2.75) is 23.9 Å². The Labute approximate surface area is 168 Å². The average Bonchev–Trinajstić information content (AvgIpc) is 3.04. The molecule has 0 amide bonds. The molecule has 150 valence electrons. The van der Waals surface area contributed by atoms with Crippen molar-refractivity contribution in [3.63, 3.8) is 0 Å². The van der Waals surface area contributed by atoms with E-state index >= 15 is 0 Å². The number of imidazole rings is 1. The Bertz CT molecular complexity index is 995. The van der Waals surface area contributed by atoms with Crippen molar-refractivity contribution < 1.29 is 26.7 Å². The Morgan fingerprint density at radius 3 is 2.57 bits per heavy atom. The lowest BCUT2D eigenvalue weighted by molar-refractivity contribution is -0.290. The lowest BCUT2D eigenvalue weighted by atomic mass is 10.3. The molecular weight excluding hydrogens is 471 g/mol. The Morgan fingerprint density at radius 1 is 1.14 bits per heavy atom. The summed E-state index contributed by atoms with van der Waals surface area (Å²) in [6, 6.07) is 1.86. The van der Waals surface area contributed by atoms with E-state index in [-0.39, 0.29) is 11.4 Å². The molecule has 0 saturated carbocycles. The van der Waals surface area contributed by atoms with Crippen LogP contribution in [0.1, 0.15) is 6.92 Å². The van der Waals surface area contributed by atoms with E-state index in [1.165, 1.54) is 34.8 Å². The van der Waals surface area contributed by atoms with Gasteiger partial charge in [0.25, 0.3) is 0 Å². The van der Waals surface area contributed by atoms with Gasteiger partial charge in [-0.15, -0.1) is 11.8 Å². The predicted octanol–water partition coefficient (Wildman–Crippen LogP) is 5.24. The van der Waals surface area contributed by atoms with Crippen LogP contribution in [-0.2, 0) is 0 Å². The Kier molecular flexibility index (Phi) is 5.80. The first kappa shape index (κ1) is 20.8. The van der Waals surface area contributed by atoms with E-state index in [9.17, 15) is 22.0 Å². The molecule has 3 aromatic heterocycles. The number of fused-ring (bicyclic) bond motifs is 1. The second-order valence-corrected chi connectivity index (χ2v) is 7.72. The number of pyridine rings is 1. The van der Waals surface area contributed by atoms with Crippen molar-refractivity contribution >= 4 is 33.2 Å². The van der Waals surface area contributed by atoms with Gasteiger partial charge in [0.2, 0.25) is 5.88 Å². The van der Waals surface area contributed by atoms with Crippen LogP contribution in [0.3, 0.4) is 0 Å². The largest absolute Gasteiger partial charge is 0.469 e. The van der Waals surface area contributed by atoms with Crippen LogP contribution in [0.15, 0.2) is 40.2 Å². The lowest BCUT2D eigenvalue weighted by Crippen LogP contribution is -2.41. The number of halogens is 6. The van der Waals surface area contributed by atoms with E-state index in [2.05, 4.69) is 35.6 Å². The molecule has 3 heterocycles. The average molecular weight is 483 g/mol.